The standard InChI is InChI=1S/C11H14N2O6S/c1-13(6-10(12)14)20(17,18)7-3-4-9(19-2)8(5-7)11(15)16/h3-5H,6H2,1-2H3,(H2,12,14)(H,15,16). The molecule has 1 rings (SSSR count). The third-order valence-corrected chi connectivity index (χ3v) is 4.29. The Kier molecular flexibility index (Phi) is 4.69. The number of ether oxygens (including phenoxy) is 1. The number of likely N-dealkylation sites (N-methyl/N-ethyl adjacent to an activating group) is 1. The Balaban J connectivity index is 3.29. The zero-order chi connectivity index (χ0) is 15.5. The van der Waals surface area contributed by atoms with Crippen molar-refractivity contribution < 1.29 is 27.9 Å². The lowest BCUT2D eigenvalue weighted by atomic mass is 10.2. The first kappa shape index (κ1) is 15.9. The number of sulfonamides is 1. The third-order valence-electron chi connectivity index (χ3n) is 2.49. The number of benzene rings is 1. The number of carbonyl (C=O) groups excluding carboxylic acids is 1. The van der Waals surface area contributed by atoms with Crippen molar-refractivity contribution in [2.75, 3.05) is 20.7 Å². The molecule has 0 aliphatic heterocycles. The van der Waals surface area contributed by atoms with Gasteiger partial charge in [0.15, 0.2) is 0 Å². The van der Waals surface area contributed by atoms with E-state index in [2.05, 4.69) is 0 Å². The van der Waals surface area contributed by atoms with E-state index in [1.54, 1.807) is 0 Å². The minimum absolute atomic E-state index is 0.0361. The normalized spacial score (nSPS) is 11.3. The van der Waals surface area contributed by atoms with Crippen molar-refractivity contribution in [3.8, 4) is 5.75 Å². The molecule has 110 valence electrons. The van der Waals surface area contributed by atoms with Gasteiger partial charge in [-0.2, -0.15) is 4.31 Å². The molecule has 0 spiro atoms. The first-order valence-electron chi connectivity index (χ1n) is 5.36. The van der Waals surface area contributed by atoms with E-state index in [0.29, 0.717) is 0 Å². The maximum atomic E-state index is 12.1. The smallest absolute Gasteiger partial charge is 0.339 e. The van der Waals surface area contributed by atoms with E-state index in [-0.39, 0.29) is 16.2 Å². The number of nitrogens with two attached hydrogens (primary N) is 1. The number of methoxy groups -OCH3 is 1. The Bertz CT molecular complexity index is 640. The molecule has 0 saturated carbocycles. The highest BCUT2D eigenvalue weighted by atomic mass is 32.2. The highest BCUT2D eigenvalue weighted by Gasteiger charge is 2.24. The van der Waals surface area contributed by atoms with Gasteiger partial charge in [-0.15, -0.1) is 0 Å². The maximum Gasteiger partial charge on any atom is 0.339 e. The van der Waals surface area contributed by atoms with Crippen LogP contribution in [0.15, 0.2) is 23.1 Å². The van der Waals surface area contributed by atoms with Crippen molar-refractivity contribution in [2.24, 2.45) is 5.73 Å². The van der Waals surface area contributed by atoms with Gasteiger partial charge in [0, 0.05) is 7.05 Å². The Hall–Kier alpha value is -2.13. The van der Waals surface area contributed by atoms with Crippen LogP contribution in [-0.4, -0.2) is 50.4 Å². The summed E-state index contributed by atoms with van der Waals surface area (Å²) in [5, 5.41) is 9.01. The number of hydrogen-bond acceptors (Lipinski definition) is 5. The number of aromatic carboxylic acids is 1. The average Bonchev–Trinajstić information content (AvgIpc) is 2.36. The van der Waals surface area contributed by atoms with Crippen LogP contribution >= 0.6 is 0 Å². The van der Waals surface area contributed by atoms with Gasteiger partial charge < -0.3 is 15.6 Å². The van der Waals surface area contributed by atoms with Crippen LogP contribution in [-0.2, 0) is 14.8 Å². The highest BCUT2D eigenvalue weighted by Crippen LogP contribution is 2.24. The molecule has 3 N–H and O–H groups in total. The SMILES string of the molecule is COc1ccc(S(=O)(=O)N(C)CC(N)=O)cc1C(=O)O. The van der Waals surface area contributed by atoms with Crippen LogP contribution in [0.2, 0.25) is 0 Å². The fourth-order valence-electron chi connectivity index (χ4n) is 1.50. The number of rotatable bonds is 6. The van der Waals surface area contributed by atoms with Crippen molar-refractivity contribution in [3.63, 3.8) is 0 Å². The fourth-order valence-corrected chi connectivity index (χ4v) is 2.66. The maximum absolute atomic E-state index is 12.1. The monoisotopic (exact) mass is 302 g/mol. The van der Waals surface area contributed by atoms with E-state index in [4.69, 9.17) is 15.6 Å². The van der Waals surface area contributed by atoms with Crippen LogP contribution in [0.3, 0.4) is 0 Å². The molecule has 9 heteroatoms. The summed E-state index contributed by atoms with van der Waals surface area (Å²) in [6, 6.07) is 3.39. The highest BCUT2D eigenvalue weighted by molar-refractivity contribution is 7.89. The van der Waals surface area contributed by atoms with Gasteiger partial charge in [-0.3, -0.25) is 4.79 Å². The molecule has 1 amide bonds. The van der Waals surface area contributed by atoms with Gasteiger partial charge in [0.2, 0.25) is 15.9 Å². The number of carboxylic acids is 1. The molecule has 20 heavy (non-hydrogen) atoms. The van der Waals surface area contributed by atoms with E-state index in [1.807, 2.05) is 0 Å². The Morgan fingerprint density at radius 1 is 1.40 bits per heavy atom. The number of carbonyl (C=O) groups is 2. The molecule has 0 unspecified atom stereocenters. The van der Waals surface area contributed by atoms with Crippen LogP contribution in [0, 0.1) is 0 Å². The number of hydrogen-bond donors (Lipinski definition) is 2. The predicted molar refractivity (Wildman–Crippen MR) is 69.0 cm³/mol. The molecule has 0 saturated heterocycles. The van der Waals surface area contributed by atoms with Crippen LogP contribution in [0.1, 0.15) is 10.4 Å². The second kappa shape index (κ2) is 5.88. The molecule has 1 aromatic carbocycles. The number of carboxylic acid groups (broad SMARTS) is 1. The number of amides is 1. The second-order valence-corrected chi connectivity index (χ2v) is 5.94. The fraction of sp³-hybridized carbons (Fsp3) is 0.273. The zero-order valence-corrected chi connectivity index (χ0v) is 11.7. The summed E-state index contributed by atoms with van der Waals surface area (Å²) in [5.41, 5.74) is 4.64. The van der Waals surface area contributed by atoms with E-state index in [0.717, 1.165) is 10.4 Å². The molecule has 0 bridgehead atoms. The molecule has 0 aromatic heterocycles. The number of primary amides is 1. The van der Waals surface area contributed by atoms with Gasteiger partial charge in [0.1, 0.15) is 11.3 Å². The van der Waals surface area contributed by atoms with Gasteiger partial charge >= 0.3 is 5.97 Å². The van der Waals surface area contributed by atoms with Crippen LogP contribution in [0.25, 0.3) is 0 Å². The van der Waals surface area contributed by atoms with E-state index in [9.17, 15) is 18.0 Å². The summed E-state index contributed by atoms with van der Waals surface area (Å²) in [6.07, 6.45) is 0. The van der Waals surface area contributed by atoms with Crippen LogP contribution < -0.4 is 10.5 Å². The summed E-state index contributed by atoms with van der Waals surface area (Å²) < 4.78 is 29.8. The molecule has 0 aliphatic rings. The van der Waals surface area contributed by atoms with E-state index < -0.39 is 28.4 Å². The van der Waals surface area contributed by atoms with Gasteiger partial charge in [-0.05, 0) is 18.2 Å². The lowest BCUT2D eigenvalue weighted by Gasteiger charge is -2.16. The minimum atomic E-state index is -4.00. The van der Waals surface area contributed by atoms with Gasteiger partial charge in [-0.25, -0.2) is 13.2 Å². The van der Waals surface area contributed by atoms with Crippen molar-refractivity contribution in [2.45, 2.75) is 4.90 Å². The largest absolute Gasteiger partial charge is 0.496 e. The summed E-state index contributed by atoms with van der Waals surface area (Å²) >= 11 is 0. The number of nitrogens with zero attached hydrogens (tertiary/aromatic N) is 1. The van der Waals surface area contributed by atoms with Crippen molar-refractivity contribution >= 4 is 21.9 Å². The van der Waals surface area contributed by atoms with E-state index >= 15 is 0 Å². The Morgan fingerprint density at radius 3 is 2.45 bits per heavy atom. The van der Waals surface area contributed by atoms with Crippen molar-refractivity contribution in [1.82, 2.24) is 4.31 Å². The van der Waals surface area contributed by atoms with Gasteiger partial charge in [-0.1, -0.05) is 0 Å². The molecule has 0 fully saturated rings. The Morgan fingerprint density at radius 2 is 2.00 bits per heavy atom. The Labute approximate surface area is 115 Å². The topological polar surface area (TPSA) is 127 Å². The summed E-state index contributed by atoms with van der Waals surface area (Å²) in [5.74, 6) is -2.10. The van der Waals surface area contributed by atoms with Crippen molar-refractivity contribution in [1.29, 1.82) is 0 Å². The first-order valence-corrected chi connectivity index (χ1v) is 6.80. The van der Waals surface area contributed by atoms with Gasteiger partial charge in [0.05, 0.1) is 18.6 Å². The quantitative estimate of drug-likeness (QED) is 0.729. The lowest BCUT2D eigenvalue weighted by Crippen LogP contribution is -2.35. The molecular formula is C11H14N2O6S. The first-order chi connectivity index (χ1) is 9.20. The summed E-state index contributed by atoms with van der Waals surface area (Å²) in [4.78, 5) is 21.5. The minimum Gasteiger partial charge on any atom is -0.496 e. The molecule has 1 aromatic rings. The molecule has 0 radical (unpaired) electrons. The third kappa shape index (κ3) is 3.25. The second-order valence-electron chi connectivity index (χ2n) is 3.89. The molecule has 0 atom stereocenters. The van der Waals surface area contributed by atoms with E-state index in [1.165, 1.54) is 26.3 Å². The average molecular weight is 302 g/mol. The summed E-state index contributed by atoms with van der Waals surface area (Å²) in [6.45, 7) is -0.503. The lowest BCUT2D eigenvalue weighted by molar-refractivity contribution is -0.118. The molecule has 0 heterocycles. The molecule has 0 aliphatic carbocycles. The summed E-state index contributed by atoms with van der Waals surface area (Å²) in [7, 11) is -1.56. The molecular weight excluding hydrogens is 288 g/mol. The predicted octanol–water partition coefficient (Wildman–Crippen LogP) is -0.501. The molecule has 8 nitrogen and oxygen atoms in total. The van der Waals surface area contributed by atoms with Gasteiger partial charge in [0.25, 0.3) is 0 Å². The van der Waals surface area contributed by atoms with Crippen molar-refractivity contribution in [3.05, 3.63) is 23.8 Å². The van der Waals surface area contributed by atoms with Crippen LogP contribution in [0.4, 0.5) is 0 Å². The van der Waals surface area contributed by atoms with Crippen LogP contribution in [0.5, 0.6) is 5.75 Å². The zero-order valence-electron chi connectivity index (χ0n) is 10.9.